The van der Waals surface area contributed by atoms with Gasteiger partial charge in [0.15, 0.2) is 5.82 Å². The zero-order valence-corrected chi connectivity index (χ0v) is 15.5. The van der Waals surface area contributed by atoms with E-state index in [4.69, 9.17) is 5.73 Å². The maximum atomic E-state index is 13.3. The van der Waals surface area contributed by atoms with E-state index in [-0.39, 0.29) is 29.6 Å². The summed E-state index contributed by atoms with van der Waals surface area (Å²) < 4.78 is 14.9. The minimum Gasteiger partial charge on any atom is -0.347 e. The number of benzene rings is 1. The molecule has 1 saturated carbocycles. The van der Waals surface area contributed by atoms with Crippen molar-refractivity contribution in [2.24, 2.45) is 5.73 Å². The average molecular weight is 385 g/mol. The summed E-state index contributed by atoms with van der Waals surface area (Å²) in [5, 5.41) is 9.35. The molecule has 0 radical (unpaired) electrons. The molecule has 4 rings (SSSR count). The van der Waals surface area contributed by atoms with Gasteiger partial charge in [-0.2, -0.15) is 0 Å². The van der Waals surface area contributed by atoms with Crippen molar-refractivity contribution in [1.29, 1.82) is 0 Å². The number of aromatic nitrogens is 3. The van der Waals surface area contributed by atoms with E-state index in [1.807, 2.05) is 17.5 Å². The van der Waals surface area contributed by atoms with Crippen LogP contribution in [0.1, 0.15) is 36.3 Å². The van der Waals surface area contributed by atoms with E-state index in [9.17, 15) is 9.18 Å². The molecule has 0 aliphatic heterocycles. The molecule has 8 heteroatoms. The van der Waals surface area contributed by atoms with Crippen LogP contribution < -0.4 is 11.1 Å². The van der Waals surface area contributed by atoms with Crippen molar-refractivity contribution in [3.05, 3.63) is 53.4 Å². The van der Waals surface area contributed by atoms with Crippen LogP contribution in [-0.4, -0.2) is 32.8 Å². The molecule has 140 valence electrons. The van der Waals surface area contributed by atoms with E-state index in [1.165, 1.54) is 23.5 Å². The predicted octanol–water partition coefficient (Wildman–Crippen LogP) is 3.13. The molecular weight excluding hydrogens is 365 g/mol. The fraction of sp³-hybridized carbons (Fsp3) is 0.316. The largest absolute Gasteiger partial charge is 0.347 e. The SMILES string of the molecule is NC1CCC(NC(=O)c2nc(-c3cccs3)n(-c3ccc(F)cc3)n2)CC1. The van der Waals surface area contributed by atoms with Crippen molar-refractivity contribution in [3.63, 3.8) is 0 Å². The normalized spacial score (nSPS) is 19.8. The molecule has 6 nitrogen and oxygen atoms in total. The smallest absolute Gasteiger partial charge is 0.291 e. The Kier molecular flexibility index (Phi) is 5.00. The third-order valence-corrected chi connectivity index (χ3v) is 5.60. The maximum absolute atomic E-state index is 13.3. The number of nitrogens with zero attached hydrogens (tertiary/aromatic N) is 3. The summed E-state index contributed by atoms with van der Waals surface area (Å²) in [5.41, 5.74) is 6.57. The Bertz CT molecular complexity index is 914. The average Bonchev–Trinajstić information content (AvgIpc) is 3.33. The summed E-state index contributed by atoms with van der Waals surface area (Å²) >= 11 is 1.51. The van der Waals surface area contributed by atoms with Gasteiger partial charge in [-0.1, -0.05) is 6.07 Å². The van der Waals surface area contributed by atoms with Crippen LogP contribution in [0.3, 0.4) is 0 Å². The van der Waals surface area contributed by atoms with Crippen molar-refractivity contribution >= 4 is 17.2 Å². The number of rotatable bonds is 4. The van der Waals surface area contributed by atoms with Gasteiger partial charge >= 0.3 is 0 Å². The Balaban J connectivity index is 1.63. The molecular formula is C19H20FN5OS. The van der Waals surface area contributed by atoms with E-state index in [0.29, 0.717) is 11.5 Å². The van der Waals surface area contributed by atoms with E-state index in [1.54, 1.807) is 16.8 Å². The molecule has 1 aromatic carbocycles. The molecule has 27 heavy (non-hydrogen) atoms. The van der Waals surface area contributed by atoms with Gasteiger partial charge in [-0.25, -0.2) is 14.1 Å². The van der Waals surface area contributed by atoms with Crippen LogP contribution in [0.5, 0.6) is 0 Å². The minimum absolute atomic E-state index is 0.0975. The van der Waals surface area contributed by atoms with E-state index >= 15 is 0 Å². The third kappa shape index (κ3) is 3.91. The molecule has 2 heterocycles. The van der Waals surface area contributed by atoms with Gasteiger partial charge in [-0.05, 0) is 61.4 Å². The number of nitrogens with two attached hydrogens (primary N) is 1. The number of nitrogens with one attached hydrogen (secondary N) is 1. The van der Waals surface area contributed by atoms with E-state index in [2.05, 4.69) is 15.4 Å². The first kappa shape index (κ1) is 17.8. The summed E-state index contributed by atoms with van der Waals surface area (Å²) in [7, 11) is 0. The van der Waals surface area contributed by atoms with Gasteiger partial charge in [0, 0.05) is 12.1 Å². The van der Waals surface area contributed by atoms with Crippen molar-refractivity contribution in [2.45, 2.75) is 37.8 Å². The number of halogens is 1. The number of thiophene rings is 1. The van der Waals surface area contributed by atoms with E-state index < -0.39 is 0 Å². The number of carbonyl (C=O) groups is 1. The monoisotopic (exact) mass is 385 g/mol. The topological polar surface area (TPSA) is 85.8 Å². The molecule has 0 saturated heterocycles. The quantitative estimate of drug-likeness (QED) is 0.722. The maximum Gasteiger partial charge on any atom is 0.291 e. The summed E-state index contributed by atoms with van der Waals surface area (Å²) in [6.45, 7) is 0. The van der Waals surface area contributed by atoms with Crippen molar-refractivity contribution in [1.82, 2.24) is 20.1 Å². The van der Waals surface area contributed by atoms with Gasteiger partial charge < -0.3 is 11.1 Å². The van der Waals surface area contributed by atoms with Crippen molar-refractivity contribution in [3.8, 4) is 16.4 Å². The number of hydrogen-bond acceptors (Lipinski definition) is 5. The number of carbonyl (C=O) groups excluding carboxylic acids is 1. The van der Waals surface area contributed by atoms with Crippen LogP contribution in [0.25, 0.3) is 16.4 Å². The first-order chi connectivity index (χ1) is 13.1. The molecule has 1 fully saturated rings. The third-order valence-electron chi connectivity index (χ3n) is 4.73. The Morgan fingerprint density at radius 2 is 1.93 bits per heavy atom. The van der Waals surface area contributed by atoms with Crippen LogP contribution in [-0.2, 0) is 0 Å². The molecule has 0 bridgehead atoms. The summed E-state index contributed by atoms with van der Waals surface area (Å²) in [5.74, 6) is 0.0455. The molecule has 2 aromatic heterocycles. The Labute approximate surface area is 160 Å². The van der Waals surface area contributed by atoms with Crippen LogP contribution in [0.4, 0.5) is 4.39 Å². The summed E-state index contributed by atoms with van der Waals surface area (Å²) in [6, 6.07) is 10.1. The molecule has 0 atom stereocenters. The first-order valence-electron chi connectivity index (χ1n) is 8.93. The molecule has 3 aromatic rings. The Morgan fingerprint density at radius 1 is 1.19 bits per heavy atom. The molecule has 3 N–H and O–H groups in total. The van der Waals surface area contributed by atoms with Gasteiger partial charge in [-0.15, -0.1) is 16.4 Å². The van der Waals surface area contributed by atoms with Crippen LogP contribution in [0.2, 0.25) is 0 Å². The summed E-state index contributed by atoms with van der Waals surface area (Å²) in [6.07, 6.45) is 3.54. The predicted molar refractivity (Wildman–Crippen MR) is 102 cm³/mol. The highest BCUT2D eigenvalue weighted by Crippen LogP contribution is 2.26. The standard InChI is InChI=1S/C19H20FN5OS/c20-12-3-9-15(10-4-12)25-18(16-2-1-11-27-16)23-17(24-25)19(26)22-14-7-5-13(21)6-8-14/h1-4,9-11,13-14H,5-8,21H2,(H,22,26). The van der Waals surface area contributed by atoms with Crippen molar-refractivity contribution in [2.75, 3.05) is 0 Å². The van der Waals surface area contributed by atoms with Crippen molar-refractivity contribution < 1.29 is 9.18 Å². The van der Waals surface area contributed by atoms with Gasteiger partial charge in [0.2, 0.25) is 5.82 Å². The fourth-order valence-corrected chi connectivity index (χ4v) is 3.95. The second-order valence-corrected chi connectivity index (χ2v) is 7.66. The lowest BCUT2D eigenvalue weighted by molar-refractivity contribution is 0.0915. The molecule has 1 aliphatic rings. The van der Waals surface area contributed by atoms with Crippen LogP contribution in [0.15, 0.2) is 41.8 Å². The molecule has 1 aliphatic carbocycles. The summed E-state index contributed by atoms with van der Waals surface area (Å²) in [4.78, 5) is 18.0. The molecule has 1 amide bonds. The highest BCUT2D eigenvalue weighted by molar-refractivity contribution is 7.13. The number of amides is 1. The minimum atomic E-state index is -0.329. The Hall–Kier alpha value is -2.58. The fourth-order valence-electron chi connectivity index (χ4n) is 3.25. The Morgan fingerprint density at radius 3 is 2.59 bits per heavy atom. The molecule has 0 unspecified atom stereocenters. The number of hydrogen-bond donors (Lipinski definition) is 2. The second-order valence-electron chi connectivity index (χ2n) is 6.71. The highest BCUT2D eigenvalue weighted by atomic mass is 32.1. The zero-order valence-electron chi connectivity index (χ0n) is 14.6. The lowest BCUT2D eigenvalue weighted by Gasteiger charge is -2.26. The second kappa shape index (κ2) is 7.58. The first-order valence-corrected chi connectivity index (χ1v) is 9.81. The lowest BCUT2D eigenvalue weighted by Crippen LogP contribution is -2.40. The van der Waals surface area contributed by atoms with Gasteiger partial charge in [0.05, 0.1) is 10.6 Å². The van der Waals surface area contributed by atoms with Crippen LogP contribution >= 0.6 is 11.3 Å². The molecule has 0 spiro atoms. The lowest BCUT2D eigenvalue weighted by atomic mass is 9.92. The zero-order chi connectivity index (χ0) is 18.8. The van der Waals surface area contributed by atoms with Gasteiger partial charge in [0.1, 0.15) is 5.82 Å². The highest BCUT2D eigenvalue weighted by Gasteiger charge is 2.24. The van der Waals surface area contributed by atoms with Crippen LogP contribution in [0, 0.1) is 5.82 Å². The van der Waals surface area contributed by atoms with E-state index in [0.717, 1.165) is 30.6 Å². The van der Waals surface area contributed by atoms with Gasteiger partial charge in [-0.3, -0.25) is 4.79 Å². The van der Waals surface area contributed by atoms with Gasteiger partial charge in [0.25, 0.3) is 5.91 Å².